The number of nitrogens with one attached hydrogen (secondary N) is 1. The normalized spacial score (nSPS) is 11.7. The number of nitrogens with zero attached hydrogens (tertiary/aromatic N) is 1. The Morgan fingerprint density at radius 1 is 1.13 bits per heavy atom. The first-order chi connectivity index (χ1) is 14.8. The summed E-state index contributed by atoms with van der Waals surface area (Å²) in [5, 5.41) is 4.25. The van der Waals surface area contributed by atoms with E-state index >= 15 is 0 Å². The van der Waals surface area contributed by atoms with Gasteiger partial charge in [-0.1, -0.05) is 54.7 Å². The summed E-state index contributed by atoms with van der Waals surface area (Å²) in [6.07, 6.45) is 1.22. The quantitative estimate of drug-likeness (QED) is 0.388. The van der Waals surface area contributed by atoms with E-state index < -0.39 is 6.04 Å². The van der Waals surface area contributed by atoms with Gasteiger partial charge in [0.15, 0.2) is 6.61 Å². The number of carbonyl (C=O) groups excluding carboxylic acids is 2. The van der Waals surface area contributed by atoms with Gasteiger partial charge in [-0.25, -0.2) is 0 Å². The summed E-state index contributed by atoms with van der Waals surface area (Å²) in [4.78, 5) is 27.4. The van der Waals surface area contributed by atoms with E-state index in [1.54, 1.807) is 36.4 Å². The third-order valence-corrected chi connectivity index (χ3v) is 6.13. The lowest BCUT2D eigenvalue weighted by atomic mass is 10.1. The van der Waals surface area contributed by atoms with E-state index in [9.17, 15) is 9.59 Å². The Labute approximate surface area is 206 Å². The van der Waals surface area contributed by atoms with Crippen LogP contribution in [0.5, 0.6) is 5.75 Å². The van der Waals surface area contributed by atoms with Crippen molar-refractivity contribution in [2.24, 2.45) is 0 Å². The molecule has 2 amide bonds. The van der Waals surface area contributed by atoms with Crippen LogP contribution in [0.25, 0.3) is 0 Å². The molecular weight excluding hydrogens is 527 g/mol. The van der Waals surface area contributed by atoms with Crippen molar-refractivity contribution in [3.8, 4) is 5.75 Å². The van der Waals surface area contributed by atoms with Crippen LogP contribution >= 0.6 is 50.7 Å². The van der Waals surface area contributed by atoms with Gasteiger partial charge in [0.25, 0.3) is 5.91 Å². The van der Waals surface area contributed by atoms with E-state index in [4.69, 9.17) is 39.5 Å². The highest BCUT2D eigenvalue weighted by atomic mass is 79.9. The molecule has 1 atom stereocenters. The summed E-state index contributed by atoms with van der Waals surface area (Å²) in [6.45, 7) is 4.16. The molecule has 1 N–H and O–H groups in total. The monoisotopic (exact) mass is 548 g/mol. The van der Waals surface area contributed by atoms with Crippen LogP contribution in [0.3, 0.4) is 0 Å². The standard InChI is InChI=1S/C22H24BrCl3N2O3/c1-3-10-27-22(30)19(4-2)28(12-15-17(25)6-5-7-18(15)26)21(29)13-31-20-9-8-14(24)11-16(20)23/h5-9,11,19H,3-4,10,12-13H2,1-2H3,(H,27,30). The minimum atomic E-state index is -0.691. The SMILES string of the molecule is CCCNC(=O)C(CC)N(Cc1c(Cl)cccc1Cl)C(=O)COc1ccc(Cl)cc1Br. The molecule has 0 saturated carbocycles. The maximum atomic E-state index is 13.2. The highest BCUT2D eigenvalue weighted by molar-refractivity contribution is 9.10. The Bertz CT molecular complexity index is 907. The lowest BCUT2D eigenvalue weighted by Crippen LogP contribution is -2.50. The fourth-order valence-electron chi connectivity index (χ4n) is 2.95. The van der Waals surface area contributed by atoms with Crippen molar-refractivity contribution in [3.63, 3.8) is 0 Å². The molecule has 2 aromatic carbocycles. The predicted molar refractivity (Wildman–Crippen MR) is 129 cm³/mol. The lowest BCUT2D eigenvalue weighted by Gasteiger charge is -2.31. The Hall–Kier alpha value is -1.47. The molecule has 1 unspecified atom stereocenters. The number of ether oxygens (including phenoxy) is 1. The van der Waals surface area contributed by atoms with Crippen molar-refractivity contribution in [2.45, 2.75) is 39.3 Å². The molecular formula is C22H24BrCl3N2O3. The summed E-state index contributed by atoms with van der Waals surface area (Å²) >= 11 is 22.0. The summed E-state index contributed by atoms with van der Waals surface area (Å²) in [5.74, 6) is -0.123. The first kappa shape index (κ1) is 25.8. The van der Waals surface area contributed by atoms with Crippen molar-refractivity contribution in [3.05, 3.63) is 61.5 Å². The maximum Gasteiger partial charge on any atom is 0.261 e. The predicted octanol–water partition coefficient (Wildman–Crippen LogP) is 6.12. The number of carbonyl (C=O) groups is 2. The van der Waals surface area contributed by atoms with Gasteiger partial charge in [0.2, 0.25) is 5.91 Å². The van der Waals surface area contributed by atoms with Crippen LogP contribution in [0.2, 0.25) is 15.1 Å². The molecule has 0 aliphatic heterocycles. The fourth-order valence-corrected chi connectivity index (χ4v) is 4.27. The molecule has 0 spiro atoms. The fraction of sp³-hybridized carbons (Fsp3) is 0.364. The average Bonchev–Trinajstić information content (AvgIpc) is 2.73. The Kier molecular flexibility index (Phi) is 10.4. The topological polar surface area (TPSA) is 58.6 Å². The molecule has 5 nitrogen and oxygen atoms in total. The van der Waals surface area contributed by atoms with Crippen molar-refractivity contribution >= 4 is 62.5 Å². The second-order valence-corrected chi connectivity index (χ2v) is 8.91. The van der Waals surface area contributed by atoms with Gasteiger partial charge in [0.05, 0.1) is 4.47 Å². The van der Waals surface area contributed by atoms with Gasteiger partial charge in [0.1, 0.15) is 11.8 Å². The zero-order chi connectivity index (χ0) is 23.0. The molecule has 9 heteroatoms. The number of hydrogen-bond acceptors (Lipinski definition) is 3. The molecule has 0 aromatic heterocycles. The van der Waals surface area contributed by atoms with E-state index in [2.05, 4.69) is 21.2 Å². The maximum absolute atomic E-state index is 13.2. The van der Waals surface area contributed by atoms with Gasteiger partial charge in [-0.2, -0.15) is 0 Å². The second kappa shape index (κ2) is 12.5. The van der Waals surface area contributed by atoms with Crippen LogP contribution in [-0.4, -0.2) is 35.9 Å². The number of rotatable bonds is 10. The Morgan fingerprint density at radius 3 is 2.39 bits per heavy atom. The molecule has 168 valence electrons. The van der Waals surface area contributed by atoms with Crippen LogP contribution in [0.1, 0.15) is 32.3 Å². The minimum Gasteiger partial charge on any atom is -0.483 e. The Morgan fingerprint density at radius 2 is 1.81 bits per heavy atom. The van der Waals surface area contributed by atoms with Crippen molar-refractivity contribution < 1.29 is 14.3 Å². The van der Waals surface area contributed by atoms with Gasteiger partial charge in [0, 0.05) is 33.7 Å². The smallest absolute Gasteiger partial charge is 0.261 e. The van der Waals surface area contributed by atoms with Crippen LogP contribution in [0.4, 0.5) is 0 Å². The molecule has 0 bridgehead atoms. The van der Waals surface area contributed by atoms with Crippen LogP contribution in [0.15, 0.2) is 40.9 Å². The highest BCUT2D eigenvalue weighted by Gasteiger charge is 2.30. The lowest BCUT2D eigenvalue weighted by molar-refractivity contribution is -0.143. The molecule has 0 fully saturated rings. The molecule has 2 rings (SSSR count). The number of amides is 2. The Balaban J connectivity index is 2.28. The summed E-state index contributed by atoms with van der Waals surface area (Å²) < 4.78 is 6.32. The number of halogens is 4. The average molecular weight is 551 g/mol. The largest absolute Gasteiger partial charge is 0.483 e. The van der Waals surface area contributed by atoms with Crippen LogP contribution < -0.4 is 10.1 Å². The van der Waals surface area contributed by atoms with Crippen LogP contribution in [0, 0.1) is 0 Å². The van der Waals surface area contributed by atoms with Gasteiger partial charge in [-0.3, -0.25) is 9.59 Å². The van der Waals surface area contributed by atoms with E-state index in [0.717, 1.165) is 6.42 Å². The van der Waals surface area contributed by atoms with E-state index in [1.807, 2.05) is 13.8 Å². The van der Waals surface area contributed by atoms with Gasteiger partial charge in [-0.05, 0) is 59.1 Å². The van der Waals surface area contributed by atoms with E-state index in [1.165, 1.54) is 4.90 Å². The van der Waals surface area contributed by atoms with Crippen LogP contribution in [-0.2, 0) is 16.1 Å². The van der Waals surface area contributed by atoms with Gasteiger partial charge >= 0.3 is 0 Å². The molecule has 0 radical (unpaired) electrons. The van der Waals surface area contributed by atoms with E-state index in [0.29, 0.717) is 43.8 Å². The highest BCUT2D eigenvalue weighted by Crippen LogP contribution is 2.29. The minimum absolute atomic E-state index is 0.0839. The zero-order valence-corrected chi connectivity index (χ0v) is 21.1. The van der Waals surface area contributed by atoms with Crippen molar-refractivity contribution in [2.75, 3.05) is 13.2 Å². The summed E-state index contributed by atoms with van der Waals surface area (Å²) in [5.41, 5.74) is 0.577. The summed E-state index contributed by atoms with van der Waals surface area (Å²) in [6, 6.07) is 9.45. The molecule has 0 aliphatic rings. The zero-order valence-electron chi connectivity index (χ0n) is 17.3. The second-order valence-electron chi connectivity index (χ2n) is 6.80. The molecule has 0 aliphatic carbocycles. The summed E-state index contributed by atoms with van der Waals surface area (Å²) in [7, 11) is 0. The van der Waals surface area contributed by atoms with Crippen molar-refractivity contribution in [1.29, 1.82) is 0 Å². The third kappa shape index (κ3) is 7.28. The van der Waals surface area contributed by atoms with E-state index in [-0.39, 0.29) is 25.0 Å². The number of benzene rings is 2. The van der Waals surface area contributed by atoms with Gasteiger partial charge in [-0.15, -0.1) is 0 Å². The van der Waals surface area contributed by atoms with Crippen molar-refractivity contribution in [1.82, 2.24) is 10.2 Å². The molecule has 2 aromatic rings. The third-order valence-electron chi connectivity index (χ3n) is 4.57. The first-order valence-corrected chi connectivity index (χ1v) is 11.8. The number of hydrogen-bond donors (Lipinski definition) is 1. The molecule has 0 heterocycles. The van der Waals surface area contributed by atoms with Gasteiger partial charge < -0.3 is 15.0 Å². The first-order valence-electron chi connectivity index (χ1n) is 9.86. The molecule has 0 saturated heterocycles. The molecule has 31 heavy (non-hydrogen) atoms.